The molecular formula is C23H22FN5O3. The molecule has 0 saturated carbocycles. The summed E-state index contributed by atoms with van der Waals surface area (Å²) in [6, 6.07) is 12.9. The number of rotatable bonds is 7. The third-order valence-corrected chi connectivity index (χ3v) is 5.05. The molecule has 32 heavy (non-hydrogen) atoms. The van der Waals surface area contributed by atoms with Crippen molar-refractivity contribution in [3.05, 3.63) is 82.9 Å². The highest BCUT2D eigenvalue weighted by atomic mass is 19.1. The van der Waals surface area contributed by atoms with E-state index < -0.39 is 11.4 Å². The van der Waals surface area contributed by atoms with Gasteiger partial charge in [0, 0.05) is 37.0 Å². The van der Waals surface area contributed by atoms with Gasteiger partial charge >= 0.3 is 5.56 Å². The summed E-state index contributed by atoms with van der Waals surface area (Å²) >= 11 is 0. The van der Waals surface area contributed by atoms with Crippen LogP contribution in [0.25, 0.3) is 11.3 Å². The zero-order valence-electron chi connectivity index (χ0n) is 17.7. The first-order valence-corrected chi connectivity index (χ1v) is 10.1. The van der Waals surface area contributed by atoms with Crippen molar-refractivity contribution in [3.63, 3.8) is 0 Å². The van der Waals surface area contributed by atoms with Crippen LogP contribution < -0.4 is 15.6 Å². The molecule has 1 unspecified atom stereocenters. The highest BCUT2D eigenvalue weighted by molar-refractivity contribution is 5.91. The number of nitrogens with zero attached hydrogens (tertiary/aromatic N) is 4. The molecule has 1 amide bonds. The van der Waals surface area contributed by atoms with Gasteiger partial charge in [0.15, 0.2) is 0 Å². The number of nitrogens with one attached hydrogen (secondary N) is 1. The van der Waals surface area contributed by atoms with Crippen LogP contribution in [0.3, 0.4) is 0 Å². The van der Waals surface area contributed by atoms with Crippen molar-refractivity contribution in [2.24, 2.45) is 5.92 Å². The Hall–Kier alpha value is -4.01. The minimum atomic E-state index is -0.433. The molecule has 1 atom stereocenters. The van der Waals surface area contributed by atoms with Crippen LogP contribution in [-0.4, -0.2) is 32.2 Å². The predicted octanol–water partition coefficient (Wildman–Crippen LogP) is 3.24. The molecule has 9 heteroatoms. The SMILES string of the molecule is COc1cccc(NC(=O)CC(C)Cc2nnc3c(=O)n(-c4cccc(F)c4)ccn23)c1. The van der Waals surface area contributed by atoms with Crippen LogP contribution in [0, 0.1) is 11.7 Å². The van der Waals surface area contributed by atoms with E-state index in [0.717, 1.165) is 0 Å². The van der Waals surface area contributed by atoms with E-state index in [9.17, 15) is 14.0 Å². The largest absolute Gasteiger partial charge is 0.497 e. The lowest BCUT2D eigenvalue weighted by molar-refractivity contribution is -0.116. The minimum Gasteiger partial charge on any atom is -0.497 e. The molecule has 4 rings (SSSR count). The van der Waals surface area contributed by atoms with Crippen LogP contribution in [-0.2, 0) is 11.2 Å². The van der Waals surface area contributed by atoms with E-state index >= 15 is 0 Å². The van der Waals surface area contributed by atoms with Gasteiger partial charge in [-0.15, -0.1) is 10.2 Å². The van der Waals surface area contributed by atoms with Crippen LogP contribution >= 0.6 is 0 Å². The summed E-state index contributed by atoms with van der Waals surface area (Å²) in [6.07, 6.45) is 3.94. The molecule has 0 fully saturated rings. The summed E-state index contributed by atoms with van der Waals surface area (Å²) < 4.78 is 21.6. The second-order valence-electron chi connectivity index (χ2n) is 7.56. The topological polar surface area (TPSA) is 90.5 Å². The fraction of sp³-hybridized carbons (Fsp3) is 0.217. The molecule has 2 heterocycles. The van der Waals surface area contributed by atoms with Crippen molar-refractivity contribution < 1.29 is 13.9 Å². The van der Waals surface area contributed by atoms with Gasteiger partial charge in [-0.1, -0.05) is 19.1 Å². The van der Waals surface area contributed by atoms with E-state index in [0.29, 0.717) is 29.4 Å². The first-order valence-electron chi connectivity index (χ1n) is 10.1. The molecule has 0 bridgehead atoms. The molecule has 0 spiro atoms. The number of aromatic nitrogens is 4. The second-order valence-corrected chi connectivity index (χ2v) is 7.56. The molecule has 2 aromatic heterocycles. The first-order chi connectivity index (χ1) is 15.4. The lowest BCUT2D eigenvalue weighted by Crippen LogP contribution is -2.21. The Kier molecular flexibility index (Phi) is 5.98. The maximum atomic E-state index is 13.5. The number of carbonyl (C=O) groups is 1. The van der Waals surface area contributed by atoms with Crippen LogP contribution in [0.5, 0.6) is 5.75 Å². The highest BCUT2D eigenvalue weighted by Gasteiger charge is 2.16. The Labute approximate surface area is 183 Å². The van der Waals surface area contributed by atoms with E-state index in [1.807, 2.05) is 6.92 Å². The average Bonchev–Trinajstić information content (AvgIpc) is 3.17. The van der Waals surface area contributed by atoms with Gasteiger partial charge in [0.1, 0.15) is 17.4 Å². The smallest absolute Gasteiger partial charge is 0.300 e. The number of carbonyl (C=O) groups excluding carboxylic acids is 1. The van der Waals surface area contributed by atoms with Crippen molar-refractivity contribution in [1.29, 1.82) is 0 Å². The Morgan fingerprint density at radius 2 is 1.97 bits per heavy atom. The van der Waals surface area contributed by atoms with Gasteiger partial charge in [-0.3, -0.25) is 18.6 Å². The molecule has 4 aromatic rings. The maximum Gasteiger partial charge on any atom is 0.300 e. The number of methoxy groups -OCH3 is 1. The molecule has 8 nitrogen and oxygen atoms in total. The van der Waals surface area contributed by atoms with E-state index in [1.165, 1.54) is 22.8 Å². The molecule has 164 valence electrons. The third-order valence-electron chi connectivity index (χ3n) is 5.05. The maximum absolute atomic E-state index is 13.5. The van der Waals surface area contributed by atoms with Crippen LogP contribution in [0.4, 0.5) is 10.1 Å². The quantitative estimate of drug-likeness (QED) is 0.481. The van der Waals surface area contributed by atoms with Gasteiger partial charge < -0.3 is 10.1 Å². The zero-order valence-corrected chi connectivity index (χ0v) is 17.7. The number of amides is 1. The Bertz CT molecular complexity index is 1330. The molecule has 0 saturated heterocycles. The van der Waals surface area contributed by atoms with Crippen molar-refractivity contribution in [1.82, 2.24) is 19.2 Å². The molecule has 2 aromatic carbocycles. The van der Waals surface area contributed by atoms with Crippen molar-refractivity contribution in [2.75, 3.05) is 12.4 Å². The van der Waals surface area contributed by atoms with Crippen LogP contribution in [0.15, 0.2) is 65.7 Å². The van der Waals surface area contributed by atoms with Gasteiger partial charge in [-0.25, -0.2) is 4.39 Å². The number of fused-ring (bicyclic) bond motifs is 1. The molecule has 0 aliphatic rings. The van der Waals surface area contributed by atoms with Gasteiger partial charge in [-0.2, -0.15) is 0 Å². The Morgan fingerprint density at radius 3 is 2.75 bits per heavy atom. The Balaban J connectivity index is 1.47. The number of benzene rings is 2. The van der Waals surface area contributed by atoms with Crippen molar-refractivity contribution in [3.8, 4) is 11.4 Å². The van der Waals surface area contributed by atoms with E-state index in [-0.39, 0.29) is 23.9 Å². The summed E-state index contributed by atoms with van der Waals surface area (Å²) in [5, 5.41) is 11.0. The standard InChI is InChI=1S/C23H22FN5O3/c1-15(12-21(30)25-17-6-4-8-19(14-17)32-2)11-20-26-27-22-23(31)28(9-10-29(20)22)18-7-3-5-16(24)13-18/h3-10,13-15H,11-12H2,1-2H3,(H,25,30). The highest BCUT2D eigenvalue weighted by Crippen LogP contribution is 2.18. The fourth-order valence-electron chi connectivity index (χ4n) is 3.52. The minimum absolute atomic E-state index is 0.0429. The average molecular weight is 435 g/mol. The van der Waals surface area contributed by atoms with Gasteiger partial charge in [-0.05, 0) is 36.2 Å². The first kappa shape index (κ1) is 21.2. The number of ether oxygens (including phenoxy) is 1. The van der Waals surface area contributed by atoms with Crippen LogP contribution in [0.1, 0.15) is 19.2 Å². The molecule has 0 aliphatic heterocycles. The van der Waals surface area contributed by atoms with Gasteiger partial charge in [0.25, 0.3) is 0 Å². The summed E-state index contributed by atoms with van der Waals surface area (Å²) in [7, 11) is 1.57. The van der Waals surface area contributed by atoms with E-state index in [2.05, 4.69) is 15.5 Å². The van der Waals surface area contributed by atoms with Gasteiger partial charge in [0.2, 0.25) is 11.6 Å². The number of anilines is 1. The predicted molar refractivity (Wildman–Crippen MR) is 118 cm³/mol. The summed E-state index contributed by atoms with van der Waals surface area (Å²) in [6.45, 7) is 1.93. The summed E-state index contributed by atoms with van der Waals surface area (Å²) in [4.78, 5) is 25.2. The Morgan fingerprint density at radius 1 is 1.16 bits per heavy atom. The number of halogens is 1. The third kappa shape index (κ3) is 4.51. The van der Waals surface area contributed by atoms with Crippen molar-refractivity contribution >= 4 is 17.2 Å². The zero-order chi connectivity index (χ0) is 22.7. The fourth-order valence-corrected chi connectivity index (χ4v) is 3.52. The monoisotopic (exact) mass is 435 g/mol. The second kappa shape index (κ2) is 9.01. The molecule has 0 radical (unpaired) electrons. The van der Waals surface area contributed by atoms with E-state index in [1.54, 1.807) is 54.2 Å². The summed E-state index contributed by atoms with van der Waals surface area (Å²) in [5.74, 6) is 0.629. The molecule has 1 N–H and O–H groups in total. The lowest BCUT2D eigenvalue weighted by Gasteiger charge is -2.12. The molecule has 0 aliphatic carbocycles. The van der Waals surface area contributed by atoms with Crippen LogP contribution in [0.2, 0.25) is 0 Å². The number of hydrogen-bond donors (Lipinski definition) is 1. The lowest BCUT2D eigenvalue weighted by atomic mass is 10.0. The molecular weight excluding hydrogens is 413 g/mol. The van der Waals surface area contributed by atoms with E-state index in [4.69, 9.17) is 4.74 Å². The normalized spacial score (nSPS) is 12.0. The summed E-state index contributed by atoms with van der Waals surface area (Å²) in [5.41, 5.74) is 0.803. The van der Waals surface area contributed by atoms with Crippen molar-refractivity contribution in [2.45, 2.75) is 19.8 Å². The number of hydrogen-bond acceptors (Lipinski definition) is 5. The van der Waals surface area contributed by atoms with Gasteiger partial charge in [0.05, 0.1) is 12.8 Å².